The van der Waals surface area contributed by atoms with E-state index >= 15 is 0 Å². The Morgan fingerprint density at radius 2 is 1.88 bits per heavy atom. The number of carbonyl (C=O) groups is 1. The third-order valence-electron chi connectivity index (χ3n) is 1.82. The second-order valence-corrected chi connectivity index (χ2v) is 3.11. The standard InChI is InChI=1S/C11H11F3NO2/c1-2-8-17-10(16)15(11(12,13)14)9-6-4-3-5-7-9/h3-7H,1-2,8H2. The van der Waals surface area contributed by atoms with Gasteiger partial charge in [0.15, 0.2) is 0 Å². The largest absolute Gasteiger partial charge is 0.494 e. The van der Waals surface area contributed by atoms with Crippen LogP contribution in [0, 0.1) is 6.92 Å². The zero-order valence-corrected chi connectivity index (χ0v) is 8.91. The van der Waals surface area contributed by atoms with Gasteiger partial charge in [0, 0.05) is 0 Å². The van der Waals surface area contributed by atoms with Gasteiger partial charge >= 0.3 is 12.4 Å². The number of amides is 1. The molecule has 0 spiro atoms. The van der Waals surface area contributed by atoms with E-state index < -0.39 is 12.4 Å². The number of alkyl halides is 3. The van der Waals surface area contributed by atoms with E-state index in [0.29, 0.717) is 0 Å². The number of nitrogens with zero attached hydrogens (tertiary/aromatic N) is 1. The fourth-order valence-corrected chi connectivity index (χ4v) is 1.16. The molecule has 0 aliphatic heterocycles. The van der Waals surface area contributed by atoms with Gasteiger partial charge in [0.1, 0.15) is 0 Å². The van der Waals surface area contributed by atoms with Crippen molar-refractivity contribution in [3.63, 3.8) is 0 Å². The predicted octanol–water partition coefficient (Wildman–Crippen LogP) is 3.37. The number of carbonyl (C=O) groups excluding carboxylic acids is 1. The molecular formula is C11H11F3NO2. The minimum absolute atomic E-state index is 0.155. The lowest BCUT2D eigenvalue weighted by Gasteiger charge is -2.24. The summed E-state index contributed by atoms with van der Waals surface area (Å²) in [5.74, 6) is 0. The summed E-state index contributed by atoms with van der Waals surface area (Å²) < 4.78 is 42.5. The van der Waals surface area contributed by atoms with E-state index in [1.54, 1.807) is 6.07 Å². The van der Waals surface area contributed by atoms with Crippen LogP contribution in [0.5, 0.6) is 0 Å². The maximum atomic E-state index is 12.7. The fraction of sp³-hybridized carbons (Fsp3) is 0.273. The van der Waals surface area contributed by atoms with E-state index in [1.807, 2.05) is 0 Å². The van der Waals surface area contributed by atoms with Crippen molar-refractivity contribution in [3.05, 3.63) is 37.3 Å². The molecule has 1 radical (unpaired) electrons. The second kappa shape index (κ2) is 5.56. The molecule has 93 valence electrons. The molecule has 0 unspecified atom stereocenters. The molecule has 0 fully saturated rings. The molecule has 0 bridgehead atoms. The number of ether oxygens (including phenoxy) is 1. The normalized spacial score (nSPS) is 11.1. The van der Waals surface area contributed by atoms with E-state index in [-0.39, 0.29) is 23.6 Å². The van der Waals surface area contributed by atoms with Crippen LogP contribution >= 0.6 is 0 Å². The van der Waals surface area contributed by atoms with Gasteiger partial charge in [-0.3, -0.25) is 0 Å². The van der Waals surface area contributed by atoms with E-state index in [9.17, 15) is 18.0 Å². The van der Waals surface area contributed by atoms with Crippen LogP contribution in [0.1, 0.15) is 6.42 Å². The Morgan fingerprint density at radius 1 is 1.29 bits per heavy atom. The van der Waals surface area contributed by atoms with Gasteiger partial charge < -0.3 is 4.74 Å². The first-order chi connectivity index (χ1) is 7.96. The van der Waals surface area contributed by atoms with Gasteiger partial charge in [-0.1, -0.05) is 18.2 Å². The Labute approximate surface area is 96.8 Å². The number of para-hydroxylation sites is 1. The lowest BCUT2D eigenvalue weighted by atomic mass is 10.3. The lowest BCUT2D eigenvalue weighted by molar-refractivity contribution is -0.125. The summed E-state index contributed by atoms with van der Waals surface area (Å²) >= 11 is 0. The predicted molar refractivity (Wildman–Crippen MR) is 56.3 cm³/mol. The smallest absolute Gasteiger partial charge is 0.449 e. The van der Waals surface area contributed by atoms with Crippen LogP contribution in [0.25, 0.3) is 0 Å². The van der Waals surface area contributed by atoms with Crippen LogP contribution in [-0.4, -0.2) is 19.0 Å². The van der Waals surface area contributed by atoms with E-state index in [1.165, 1.54) is 24.3 Å². The average molecular weight is 246 g/mol. The van der Waals surface area contributed by atoms with Crippen molar-refractivity contribution in [3.8, 4) is 0 Å². The van der Waals surface area contributed by atoms with Crippen molar-refractivity contribution >= 4 is 11.8 Å². The number of hydrogen-bond acceptors (Lipinski definition) is 2. The molecule has 3 nitrogen and oxygen atoms in total. The van der Waals surface area contributed by atoms with Gasteiger partial charge in [-0.25, -0.2) is 4.79 Å². The Balaban J connectivity index is 2.94. The van der Waals surface area contributed by atoms with Crippen molar-refractivity contribution in [1.29, 1.82) is 0 Å². The van der Waals surface area contributed by atoms with Gasteiger partial charge in [-0.15, -0.1) is 13.2 Å². The molecule has 0 heterocycles. The maximum Gasteiger partial charge on any atom is 0.494 e. The first-order valence-corrected chi connectivity index (χ1v) is 4.85. The van der Waals surface area contributed by atoms with Crippen molar-refractivity contribution in [2.24, 2.45) is 0 Å². The van der Waals surface area contributed by atoms with Crippen molar-refractivity contribution < 1.29 is 22.7 Å². The minimum Gasteiger partial charge on any atom is -0.449 e. The Kier molecular flexibility index (Phi) is 4.37. The SMILES string of the molecule is [CH2]CCOC(=O)N(c1ccccc1)C(F)(F)F. The van der Waals surface area contributed by atoms with Crippen LogP contribution in [0.4, 0.5) is 23.7 Å². The Bertz CT molecular complexity index is 365. The van der Waals surface area contributed by atoms with Crippen LogP contribution in [0.3, 0.4) is 0 Å². The Morgan fingerprint density at radius 3 is 2.35 bits per heavy atom. The molecule has 0 N–H and O–H groups in total. The van der Waals surface area contributed by atoms with Crippen LogP contribution in [-0.2, 0) is 4.74 Å². The summed E-state index contributed by atoms with van der Waals surface area (Å²) in [4.78, 5) is 11.0. The molecule has 0 aliphatic rings. The highest BCUT2D eigenvalue weighted by Gasteiger charge is 2.43. The topological polar surface area (TPSA) is 29.5 Å². The molecule has 1 aromatic rings. The highest BCUT2D eigenvalue weighted by Crippen LogP contribution is 2.28. The second-order valence-electron chi connectivity index (χ2n) is 3.11. The third-order valence-corrected chi connectivity index (χ3v) is 1.82. The highest BCUT2D eigenvalue weighted by atomic mass is 19.4. The summed E-state index contributed by atoms with van der Waals surface area (Å²) in [6, 6.07) is 6.72. The van der Waals surface area contributed by atoms with E-state index in [4.69, 9.17) is 0 Å². The molecule has 1 rings (SSSR count). The summed E-state index contributed by atoms with van der Waals surface area (Å²) in [5.41, 5.74) is -0.283. The number of hydrogen-bond donors (Lipinski definition) is 0. The van der Waals surface area contributed by atoms with Crippen LogP contribution in [0.2, 0.25) is 0 Å². The van der Waals surface area contributed by atoms with Crippen LogP contribution in [0.15, 0.2) is 30.3 Å². The molecule has 0 aromatic heterocycles. The molecule has 1 amide bonds. The zero-order chi connectivity index (χ0) is 12.9. The fourth-order valence-electron chi connectivity index (χ4n) is 1.16. The maximum absolute atomic E-state index is 12.7. The van der Waals surface area contributed by atoms with E-state index in [0.717, 1.165) is 0 Å². The molecule has 0 saturated heterocycles. The highest BCUT2D eigenvalue weighted by molar-refractivity contribution is 5.88. The summed E-state index contributed by atoms with van der Waals surface area (Å²) in [7, 11) is 0. The molecule has 0 saturated carbocycles. The van der Waals surface area contributed by atoms with Gasteiger partial charge in [0.2, 0.25) is 0 Å². The lowest BCUT2D eigenvalue weighted by Crippen LogP contribution is -2.43. The summed E-state index contributed by atoms with van der Waals surface area (Å²) in [6.07, 6.45) is -6.06. The molecule has 1 aromatic carbocycles. The molecule has 0 atom stereocenters. The first-order valence-electron chi connectivity index (χ1n) is 4.85. The first kappa shape index (κ1) is 13.3. The average Bonchev–Trinajstić information content (AvgIpc) is 2.26. The van der Waals surface area contributed by atoms with Crippen molar-refractivity contribution in [2.45, 2.75) is 12.7 Å². The summed E-state index contributed by atoms with van der Waals surface area (Å²) in [6.45, 7) is 3.22. The Hall–Kier alpha value is -1.72. The van der Waals surface area contributed by atoms with Crippen molar-refractivity contribution in [2.75, 3.05) is 11.5 Å². The van der Waals surface area contributed by atoms with Crippen molar-refractivity contribution in [1.82, 2.24) is 0 Å². The van der Waals surface area contributed by atoms with Crippen LogP contribution < -0.4 is 4.90 Å². The quantitative estimate of drug-likeness (QED) is 0.765. The number of rotatable bonds is 3. The molecule has 6 heteroatoms. The number of anilines is 1. The van der Waals surface area contributed by atoms with Gasteiger partial charge in [0.05, 0.1) is 12.3 Å². The molecule has 17 heavy (non-hydrogen) atoms. The third kappa shape index (κ3) is 3.65. The zero-order valence-electron chi connectivity index (χ0n) is 8.91. The number of benzene rings is 1. The van der Waals surface area contributed by atoms with Gasteiger partial charge in [-0.05, 0) is 25.5 Å². The van der Waals surface area contributed by atoms with Gasteiger partial charge in [0.25, 0.3) is 0 Å². The monoisotopic (exact) mass is 246 g/mol. The minimum atomic E-state index is -4.82. The number of halogens is 3. The summed E-state index contributed by atoms with van der Waals surface area (Å²) in [5, 5.41) is 0. The molecular weight excluding hydrogens is 235 g/mol. The van der Waals surface area contributed by atoms with Gasteiger partial charge in [-0.2, -0.15) is 4.90 Å². The van der Waals surface area contributed by atoms with E-state index in [2.05, 4.69) is 11.7 Å². The molecule has 0 aliphatic carbocycles.